The Morgan fingerprint density at radius 3 is 2.58 bits per heavy atom. The summed E-state index contributed by atoms with van der Waals surface area (Å²) in [5, 5.41) is 13.0. The van der Waals surface area contributed by atoms with Gasteiger partial charge in [-0.3, -0.25) is 0 Å². The summed E-state index contributed by atoms with van der Waals surface area (Å²) in [6.07, 6.45) is 1.61. The maximum absolute atomic E-state index is 11.2. The molecule has 0 saturated carbocycles. The first-order valence-corrected chi connectivity index (χ1v) is 6.78. The van der Waals surface area contributed by atoms with Gasteiger partial charge in [0.15, 0.2) is 0 Å². The summed E-state index contributed by atoms with van der Waals surface area (Å²) < 4.78 is 5.34. The number of carbonyl (C=O) groups is 1. The minimum atomic E-state index is -1.17. The van der Waals surface area contributed by atoms with E-state index in [1.165, 1.54) is 11.3 Å². The maximum Gasteiger partial charge on any atom is 0.119 e. The number of ether oxygens (including phenoxy) is 1. The second-order valence-electron chi connectivity index (χ2n) is 3.82. The van der Waals surface area contributed by atoms with Crippen LogP contribution in [0.5, 0.6) is 5.75 Å². The molecule has 1 heterocycles. The standard InChI is InChI=1S/C15H14O3S/c1-2-18-12-7-5-11(6-8-12)10-13(15(16)17)14-4-3-9-19-14/h3-10H,2H2,1H3,(H,16,17)/p-1/b13-10+. The maximum atomic E-state index is 11.2. The van der Waals surface area contributed by atoms with Gasteiger partial charge in [-0.15, -0.1) is 11.3 Å². The van der Waals surface area contributed by atoms with Crippen LogP contribution in [-0.2, 0) is 4.79 Å². The Balaban J connectivity index is 2.29. The van der Waals surface area contributed by atoms with E-state index in [1.807, 2.05) is 42.6 Å². The van der Waals surface area contributed by atoms with Gasteiger partial charge in [0.1, 0.15) is 5.75 Å². The van der Waals surface area contributed by atoms with Crippen LogP contribution >= 0.6 is 11.3 Å². The Bertz CT molecular complexity index is 568. The van der Waals surface area contributed by atoms with Crippen LogP contribution in [0.1, 0.15) is 17.4 Å². The minimum absolute atomic E-state index is 0.194. The van der Waals surface area contributed by atoms with E-state index in [-0.39, 0.29) is 5.57 Å². The van der Waals surface area contributed by atoms with Crippen LogP contribution in [0.15, 0.2) is 41.8 Å². The minimum Gasteiger partial charge on any atom is -0.545 e. The number of rotatable bonds is 5. The lowest BCUT2D eigenvalue weighted by Crippen LogP contribution is -2.23. The van der Waals surface area contributed by atoms with E-state index in [1.54, 1.807) is 12.1 Å². The second-order valence-corrected chi connectivity index (χ2v) is 4.77. The summed E-state index contributed by atoms with van der Waals surface area (Å²) in [7, 11) is 0. The van der Waals surface area contributed by atoms with Crippen LogP contribution in [-0.4, -0.2) is 12.6 Å². The van der Waals surface area contributed by atoms with Gasteiger partial charge in [-0.1, -0.05) is 18.2 Å². The van der Waals surface area contributed by atoms with Crippen molar-refractivity contribution in [2.45, 2.75) is 6.92 Å². The molecule has 0 saturated heterocycles. The highest BCUT2D eigenvalue weighted by molar-refractivity contribution is 7.11. The quantitative estimate of drug-likeness (QED) is 0.786. The SMILES string of the molecule is CCOc1ccc(/C=C(/C(=O)[O-])c2cccs2)cc1. The molecule has 98 valence electrons. The highest BCUT2D eigenvalue weighted by Crippen LogP contribution is 2.23. The number of carboxylic acid groups (broad SMARTS) is 1. The van der Waals surface area contributed by atoms with Gasteiger partial charge in [0, 0.05) is 10.5 Å². The summed E-state index contributed by atoms with van der Waals surface area (Å²) in [4.78, 5) is 11.9. The van der Waals surface area contributed by atoms with Crippen molar-refractivity contribution in [2.75, 3.05) is 6.61 Å². The predicted molar refractivity (Wildman–Crippen MR) is 74.8 cm³/mol. The molecule has 0 aliphatic carbocycles. The molecule has 1 aromatic carbocycles. The van der Waals surface area contributed by atoms with Crippen LogP contribution in [0.3, 0.4) is 0 Å². The van der Waals surface area contributed by atoms with Crippen LogP contribution in [0.2, 0.25) is 0 Å². The van der Waals surface area contributed by atoms with Crippen molar-refractivity contribution in [3.8, 4) is 5.75 Å². The van der Waals surface area contributed by atoms with Crippen molar-refractivity contribution in [3.05, 3.63) is 52.2 Å². The number of carboxylic acids is 1. The zero-order valence-electron chi connectivity index (χ0n) is 10.5. The Morgan fingerprint density at radius 1 is 1.32 bits per heavy atom. The van der Waals surface area contributed by atoms with E-state index < -0.39 is 5.97 Å². The summed E-state index contributed by atoms with van der Waals surface area (Å²) in [6, 6.07) is 10.9. The molecular weight excluding hydrogens is 260 g/mol. The number of thiophene rings is 1. The molecule has 0 bridgehead atoms. The Morgan fingerprint density at radius 2 is 2.05 bits per heavy atom. The van der Waals surface area contributed by atoms with Gasteiger partial charge < -0.3 is 14.6 Å². The molecule has 0 spiro atoms. The topological polar surface area (TPSA) is 49.4 Å². The van der Waals surface area contributed by atoms with Gasteiger partial charge in [0.2, 0.25) is 0 Å². The van der Waals surface area contributed by atoms with Crippen molar-refractivity contribution < 1.29 is 14.6 Å². The number of hydrogen-bond acceptors (Lipinski definition) is 4. The van der Waals surface area contributed by atoms with Gasteiger partial charge in [-0.2, -0.15) is 0 Å². The summed E-state index contributed by atoms with van der Waals surface area (Å²) in [5.74, 6) is -0.401. The van der Waals surface area contributed by atoms with Crippen molar-refractivity contribution >= 4 is 29.0 Å². The fourth-order valence-electron chi connectivity index (χ4n) is 1.66. The molecule has 0 aliphatic heterocycles. The third-order valence-electron chi connectivity index (χ3n) is 2.51. The summed E-state index contributed by atoms with van der Waals surface area (Å²) >= 11 is 1.38. The van der Waals surface area contributed by atoms with Crippen molar-refractivity contribution in [2.24, 2.45) is 0 Å². The van der Waals surface area contributed by atoms with Gasteiger partial charge in [-0.25, -0.2) is 0 Å². The molecule has 0 amide bonds. The first-order chi connectivity index (χ1) is 9.20. The molecule has 1 aromatic heterocycles. The summed E-state index contributed by atoms with van der Waals surface area (Å²) in [6.45, 7) is 2.52. The van der Waals surface area contributed by atoms with E-state index in [0.29, 0.717) is 11.5 Å². The lowest BCUT2D eigenvalue weighted by Gasteiger charge is -2.07. The number of benzene rings is 1. The Kier molecular flexibility index (Phi) is 4.36. The smallest absolute Gasteiger partial charge is 0.119 e. The molecule has 0 radical (unpaired) electrons. The van der Waals surface area contributed by atoms with E-state index in [2.05, 4.69) is 0 Å². The zero-order chi connectivity index (χ0) is 13.7. The average Bonchev–Trinajstić information content (AvgIpc) is 2.91. The predicted octanol–water partition coefficient (Wildman–Crippen LogP) is 2.44. The van der Waals surface area contributed by atoms with E-state index >= 15 is 0 Å². The molecule has 19 heavy (non-hydrogen) atoms. The molecule has 0 unspecified atom stereocenters. The number of aliphatic carboxylic acids is 1. The highest BCUT2D eigenvalue weighted by Gasteiger charge is 2.04. The third kappa shape index (κ3) is 3.45. The van der Waals surface area contributed by atoms with Crippen molar-refractivity contribution in [1.29, 1.82) is 0 Å². The van der Waals surface area contributed by atoms with Gasteiger partial charge in [-0.05, 0) is 42.1 Å². The third-order valence-corrected chi connectivity index (χ3v) is 3.41. The molecule has 0 atom stereocenters. The molecule has 2 rings (SSSR count). The fourth-order valence-corrected chi connectivity index (χ4v) is 2.39. The molecule has 2 aromatic rings. The van der Waals surface area contributed by atoms with Crippen LogP contribution in [0.4, 0.5) is 0 Å². The van der Waals surface area contributed by atoms with Crippen LogP contribution in [0.25, 0.3) is 11.6 Å². The molecular formula is C15H13O3S-. The average molecular weight is 273 g/mol. The fraction of sp³-hybridized carbons (Fsp3) is 0.133. The Hall–Kier alpha value is -2.07. The lowest BCUT2D eigenvalue weighted by atomic mass is 10.1. The largest absolute Gasteiger partial charge is 0.545 e. The lowest BCUT2D eigenvalue weighted by molar-refractivity contribution is -0.295. The van der Waals surface area contributed by atoms with Gasteiger partial charge in [0.25, 0.3) is 0 Å². The van der Waals surface area contributed by atoms with Gasteiger partial charge >= 0.3 is 0 Å². The molecule has 0 aliphatic rings. The van der Waals surface area contributed by atoms with Crippen LogP contribution < -0.4 is 9.84 Å². The van der Waals surface area contributed by atoms with Gasteiger partial charge in [0.05, 0.1) is 12.6 Å². The Labute approximate surface area is 115 Å². The molecule has 0 N–H and O–H groups in total. The summed E-state index contributed by atoms with van der Waals surface area (Å²) in [5.41, 5.74) is 0.996. The first kappa shape index (κ1) is 13.4. The first-order valence-electron chi connectivity index (χ1n) is 5.90. The van der Waals surface area contributed by atoms with Crippen molar-refractivity contribution in [1.82, 2.24) is 0 Å². The molecule has 3 nitrogen and oxygen atoms in total. The second kappa shape index (κ2) is 6.20. The van der Waals surface area contributed by atoms with Crippen LogP contribution in [0, 0.1) is 0 Å². The molecule has 0 fully saturated rings. The zero-order valence-corrected chi connectivity index (χ0v) is 11.3. The van der Waals surface area contributed by atoms with E-state index in [4.69, 9.17) is 4.74 Å². The van der Waals surface area contributed by atoms with E-state index in [9.17, 15) is 9.90 Å². The van der Waals surface area contributed by atoms with Crippen molar-refractivity contribution in [3.63, 3.8) is 0 Å². The molecule has 4 heteroatoms. The normalized spacial score (nSPS) is 11.3. The van der Waals surface area contributed by atoms with E-state index in [0.717, 1.165) is 11.3 Å². The monoisotopic (exact) mass is 273 g/mol. The number of hydrogen-bond donors (Lipinski definition) is 0. The highest BCUT2D eigenvalue weighted by atomic mass is 32.1. The number of carbonyl (C=O) groups excluding carboxylic acids is 1.